The molecule has 5 atom stereocenters. The average Bonchev–Trinajstić information content (AvgIpc) is 2.46. The van der Waals surface area contributed by atoms with Gasteiger partial charge >= 0.3 is 0 Å². The minimum Gasteiger partial charge on any atom is -0.396 e. The summed E-state index contributed by atoms with van der Waals surface area (Å²) >= 11 is 5.88. The predicted molar refractivity (Wildman–Crippen MR) is 83.0 cm³/mol. The lowest BCUT2D eigenvalue weighted by atomic mass is 9.56. The zero-order valence-corrected chi connectivity index (χ0v) is 13.5. The Bertz CT molecular complexity index is 556. The van der Waals surface area contributed by atoms with Crippen molar-refractivity contribution in [2.45, 2.75) is 26.9 Å². The summed E-state index contributed by atoms with van der Waals surface area (Å²) in [4.78, 5) is 4.18. The molecule has 3 nitrogen and oxygen atoms in total. The second kappa shape index (κ2) is 5.38. The lowest BCUT2D eigenvalue weighted by molar-refractivity contribution is -0.165. The molecule has 0 aromatic carbocycles. The quantitative estimate of drug-likeness (QED) is 0.670. The lowest BCUT2D eigenvalue weighted by Crippen LogP contribution is -2.53. The SMILES string of the molecule is CC1=CC(C)C2(CO)COC(c3ccc(Cl)nc3)C1C2C. The van der Waals surface area contributed by atoms with Crippen LogP contribution in [0.5, 0.6) is 0 Å². The van der Waals surface area contributed by atoms with Gasteiger partial charge in [-0.25, -0.2) is 4.98 Å². The second-order valence-corrected chi connectivity index (χ2v) is 6.94. The predicted octanol–water partition coefficient (Wildman–Crippen LogP) is 3.63. The number of hydrogen-bond acceptors (Lipinski definition) is 3. The topological polar surface area (TPSA) is 42.4 Å². The van der Waals surface area contributed by atoms with Gasteiger partial charge in [0, 0.05) is 17.5 Å². The number of aromatic nitrogens is 1. The monoisotopic (exact) mass is 307 g/mol. The zero-order chi connectivity index (χ0) is 15.2. The summed E-state index contributed by atoms with van der Waals surface area (Å²) in [6.45, 7) is 7.34. The highest BCUT2D eigenvalue weighted by Crippen LogP contribution is 2.55. The maximum atomic E-state index is 9.97. The molecule has 1 aliphatic heterocycles. The third kappa shape index (κ3) is 2.23. The Kier molecular flexibility index (Phi) is 3.85. The summed E-state index contributed by atoms with van der Waals surface area (Å²) in [5.41, 5.74) is 2.24. The normalized spacial score (nSPS) is 39.0. The van der Waals surface area contributed by atoms with Crippen LogP contribution in [0.3, 0.4) is 0 Å². The van der Waals surface area contributed by atoms with Crippen molar-refractivity contribution >= 4 is 11.6 Å². The number of hydrogen-bond donors (Lipinski definition) is 1. The van der Waals surface area contributed by atoms with Gasteiger partial charge in [-0.2, -0.15) is 0 Å². The first-order chi connectivity index (χ1) is 9.99. The van der Waals surface area contributed by atoms with E-state index in [1.165, 1.54) is 5.57 Å². The van der Waals surface area contributed by atoms with Crippen LogP contribution >= 0.6 is 11.6 Å². The van der Waals surface area contributed by atoms with Crippen molar-refractivity contribution in [3.05, 3.63) is 40.7 Å². The fourth-order valence-corrected chi connectivity index (χ4v) is 4.26. The molecule has 0 saturated carbocycles. The van der Waals surface area contributed by atoms with E-state index in [2.05, 4.69) is 31.8 Å². The largest absolute Gasteiger partial charge is 0.396 e. The Balaban J connectivity index is 2.01. The van der Waals surface area contributed by atoms with Gasteiger partial charge in [-0.1, -0.05) is 43.2 Å². The number of nitrogens with zero attached hydrogens (tertiary/aromatic N) is 1. The molecule has 0 amide bonds. The molecule has 0 radical (unpaired) electrons. The maximum absolute atomic E-state index is 9.97. The van der Waals surface area contributed by atoms with Gasteiger partial charge in [0.2, 0.25) is 0 Å². The molecule has 2 heterocycles. The third-order valence-corrected chi connectivity index (χ3v) is 5.85. The van der Waals surface area contributed by atoms with E-state index in [1.807, 2.05) is 12.1 Å². The van der Waals surface area contributed by atoms with Crippen molar-refractivity contribution in [1.82, 2.24) is 4.98 Å². The lowest BCUT2D eigenvalue weighted by Gasteiger charge is -2.55. The molecular formula is C17H22ClNO2. The van der Waals surface area contributed by atoms with Gasteiger partial charge in [-0.15, -0.1) is 0 Å². The maximum Gasteiger partial charge on any atom is 0.129 e. The minimum atomic E-state index is -0.166. The highest BCUT2D eigenvalue weighted by Gasteiger charge is 2.53. The van der Waals surface area contributed by atoms with Crippen LogP contribution in [-0.2, 0) is 4.74 Å². The van der Waals surface area contributed by atoms with Crippen molar-refractivity contribution in [1.29, 1.82) is 0 Å². The number of rotatable bonds is 2. The molecule has 1 aromatic heterocycles. The molecule has 2 bridgehead atoms. The first-order valence-electron chi connectivity index (χ1n) is 7.52. The summed E-state index contributed by atoms with van der Waals surface area (Å²) in [6.07, 6.45) is 4.10. The number of pyridine rings is 1. The van der Waals surface area contributed by atoms with E-state index in [4.69, 9.17) is 16.3 Å². The number of allylic oxidation sites excluding steroid dienone is 1. The van der Waals surface area contributed by atoms with Crippen LogP contribution < -0.4 is 0 Å². The van der Waals surface area contributed by atoms with E-state index in [1.54, 1.807) is 6.20 Å². The summed E-state index contributed by atoms with van der Waals surface area (Å²) < 4.78 is 6.19. The molecule has 4 heteroatoms. The van der Waals surface area contributed by atoms with Crippen LogP contribution in [0, 0.1) is 23.2 Å². The first kappa shape index (κ1) is 15.0. The summed E-state index contributed by atoms with van der Waals surface area (Å²) in [6, 6.07) is 3.80. The standard InChI is InChI=1S/C17H22ClNO2/c1-10-6-11(2)17(8-20)9-21-16(15(10)12(17)3)13-4-5-14(18)19-7-13/h4-7,11-12,15-16,20H,8-9H2,1-3H3. The molecule has 1 saturated heterocycles. The molecule has 21 heavy (non-hydrogen) atoms. The van der Waals surface area contributed by atoms with Crippen molar-refractivity contribution in [2.24, 2.45) is 23.2 Å². The molecule has 1 fully saturated rings. The van der Waals surface area contributed by atoms with Crippen molar-refractivity contribution in [2.75, 3.05) is 13.2 Å². The Labute approximate surface area is 131 Å². The van der Waals surface area contributed by atoms with E-state index >= 15 is 0 Å². The Hall–Kier alpha value is -0.900. The molecule has 5 unspecified atom stereocenters. The molecule has 1 aromatic rings. The van der Waals surface area contributed by atoms with Crippen LogP contribution in [0.25, 0.3) is 0 Å². The van der Waals surface area contributed by atoms with Gasteiger partial charge in [0.15, 0.2) is 0 Å². The number of fused-ring (bicyclic) bond motifs is 2. The molecule has 114 valence electrons. The van der Waals surface area contributed by atoms with Gasteiger partial charge in [0.25, 0.3) is 0 Å². The summed E-state index contributed by atoms with van der Waals surface area (Å²) in [7, 11) is 0. The zero-order valence-electron chi connectivity index (χ0n) is 12.7. The van der Waals surface area contributed by atoms with E-state index in [9.17, 15) is 5.11 Å². The molecule has 0 spiro atoms. The van der Waals surface area contributed by atoms with Crippen molar-refractivity contribution < 1.29 is 9.84 Å². The van der Waals surface area contributed by atoms with Gasteiger partial charge < -0.3 is 9.84 Å². The molecule has 2 aliphatic rings. The number of aliphatic hydroxyl groups is 1. The van der Waals surface area contributed by atoms with Crippen LogP contribution in [0.2, 0.25) is 5.15 Å². The minimum absolute atomic E-state index is 0.00630. The summed E-state index contributed by atoms with van der Waals surface area (Å²) in [5.74, 6) is 0.986. The third-order valence-electron chi connectivity index (χ3n) is 5.62. The molecule has 3 rings (SSSR count). The second-order valence-electron chi connectivity index (χ2n) is 6.55. The fraction of sp³-hybridized carbons (Fsp3) is 0.588. The smallest absolute Gasteiger partial charge is 0.129 e. The molecule has 1 N–H and O–H groups in total. The Morgan fingerprint density at radius 1 is 1.43 bits per heavy atom. The highest BCUT2D eigenvalue weighted by atomic mass is 35.5. The van der Waals surface area contributed by atoms with Crippen LogP contribution in [0.1, 0.15) is 32.4 Å². The van der Waals surface area contributed by atoms with Crippen LogP contribution in [0.15, 0.2) is 30.0 Å². The first-order valence-corrected chi connectivity index (χ1v) is 7.89. The van der Waals surface area contributed by atoms with E-state index < -0.39 is 0 Å². The van der Waals surface area contributed by atoms with E-state index in [0.717, 1.165) is 5.56 Å². The van der Waals surface area contributed by atoms with Gasteiger partial charge in [0.1, 0.15) is 5.15 Å². The van der Waals surface area contributed by atoms with Crippen LogP contribution in [0.4, 0.5) is 0 Å². The van der Waals surface area contributed by atoms with Gasteiger partial charge in [-0.3, -0.25) is 0 Å². The van der Waals surface area contributed by atoms with Crippen LogP contribution in [-0.4, -0.2) is 23.3 Å². The van der Waals surface area contributed by atoms with Gasteiger partial charge in [-0.05, 0) is 30.4 Å². The Morgan fingerprint density at radius 3 is 2.81 bits per heavy atom. The fourth-order valence-electron chi connectivity index (χ4n) is 4.14. The average molecular weight is 308 g/mol. The number of halogens is 1. The Morgan fingerprint density at radius 2 is 2.19 bits per heavy atom. The number of ether oxygens (including phenoxy) is 1. The van der Waals surface area contributed by atoms with E-state index in [0.29, 0.717) is 23.6 Å². The molecule has 1 aliphatic carbocycles. The molecular weight excluding hydrogens is 286 g/mol. The number of aliphatic hydroxyl groups excluding tert-OH is 1. The van der Waals surface area contributed by atoms with Gasteiger partial charge in [0.05, 0.1) is 19.3 Å². The summed E-state index contributed by atoms with van der Waals surface area (Å²) in [5, 5.41) is 10.5. The highest BCUT2D eigenvalue weighted by molar-refractivity contribution is 6.29. The van der Waals surface area contributed by atoms with Crippen molar-refractivity contribution in [3.8, 4) is 0 Å². The van der Waals surface area contributed by atoms with E-state index in [-0.39, 0.29) is 24.0 Å². The van der Waals surface area contributed by atoms with Crippen molar-refractivity contribution in [3.63, 3.8) is 0 Å².